The van der Waals surface area contributed by atoms with Crippen LogP contribution < -0.4 is 5.32 Å². The van der Waals surface area contributed by atoms with Crippen LogP contribution in [-0.4, -0.2) is 87.5 Å². The number of hydrogen-bond donors (Lipinski definition) is 6. The molecule has 7 unspecified atom stereocenters. The molecule has 1 heterocycles. The van der Waals surface area contributed by atoms with Crippen molar-refractivity contribution in [2.75, 3.05) is 13.2 Å². The van der Waals surface area contributed by atoms with Crippen molar-refractivity contribution in [3.8, 4) is 0 Å². The fraction of sp³-hybridized carbons (Fsp3) is 0.655. The second kappa shape index (κ2) is 70.4. The van der Waals surface area contributed by atoms with E-state index in [1.807, 2.05) is 6.08 Å². The molecule has 0 radical (unpaired) electrons. The summed E-state index contributed by atoms with van der Waals surface area (Å²) >= 11 is 0. The molecule has 6 N–H and O–H groups in total. The van der Waals surface area contributed by atoms with Crippen molar-refractivity contribution in [1.82, 2.24) is 5.32 Å². The molecule has 1 rings (SSSR count). The Labute approximate surface area is 570 Å². The second-order valence-corrected chi connectivity index (χ2v) is 25.3. The van der Waals surface area contributed by atoms with Gasteiger partial charge in [-0.25, -0.2) is 0 Å². The molecular formula is C84H139NO8. The van der Waals surface area contributed by atoms with Gasteiger partial charge in [0.1, 0.15) is 24.4 Å². The Morgan fingerprint density at radius 3 is 1.03 bits per heavy atom. The van der Waals surface area contributed by atoms with Crippen LogP contribution in [0.2, 0.25) is 0 Å². The van der Waals surface area contributed by atoms with E-state index in [0.29, 0.717) is 12.8 Å². The van der Waals surface area contributed by atoms with Gasteiger partial charge in [-0.05, 0) is 122 Å². The van der Waals surface area contributed by atoms with Crippen molar-refractivity contribution in [2.24, 2.45) is 0 Å². The molecular weight excluding hydrogens is 1150 g/mol. The first-order chi connectivity index (χ1) is 45.8. The fourth-order valence-corrected chi connectivity index (χ4v) is 10.9. The molecule has 0 aromatic carbocycles. The third kappa shape index (κ3) is 58.6. The first kappa shape index (κ1) is 86.6. The number of aliphatic hydroxyl groups is 5. The Bertz CT molecular complexity index is 2080. The maximum Gasteiger partial charge on any atom is 0.220 e. The van der Waals surface area contributed by atoms with Gasteiger partial charge >= 0.3 is 0 Å². The van der Waals surface area contributed by atoms with E-state index in [9.17, 15) is 30.3 Å². The normalized spacial score (nSPS) is 18.6. The molecule has 528 valence electrons. The Hall–Kier alpha value is -4.45. The summed E-state index contributed by atoms with van der Waals surface area (Å²) in [6, 6.07) is -0.851. The molecule has 1 saturated heterocycles. The van der Waals surface area contributed by atoms with Crippen LogP contribution in [0.4, 0.5) is 0 Å². The molecule has 0 aromatic rings. The first-order valence-corrected chi connectivity index (χ1v) is 37.9. The molecule has 0 aromatic heterocycles. The third-order valence-corrected chi connectivity index (χ3v) is 16.8. The van der Waals surface area contributed by atoms with Crippen LogP contribution in [-0.2, 0) is 14.3 Å². The number of unbranched alkanes of at least 4 members (excludes halogenated alkanes) is 28. The summed E-state index contributed by atoms with van der Waals surface area (Å²) < 4.78 is 11.3. The quantitative estimate of drug-likeness (QED) is 0.0261. The predicted molar refractivity (Wildman–Crippen MR) is 400 cm³/mol. The Balaban J connectivity index is 2.19. The molecule has 9 heteroatoms. The monoisotopic (exact) mass is 1290 g/mol. The van der Waals surface area contributed by atoms with Gasteiger partial charge in [0.15, 0.2) is 6.29 Å². The Morgan fingerprint density at radius 1 is 0.376 bits per heavy atom. The number of aliphatic hydroxyl groups excluding tert-OH is 5. The van der Waals surface area contributed by atoms with Crippen LogP contribution in [0, 0.1) is 0 Å². The van der Waals surface area contributed by atoms with E-state index in [1.54, 1.807) is 6.08 Å². The van der Waals surface area contributed by atoms with E-state index in [4.69, 9.17) is 9.47 Å². The van der Waals surface area contributed by atoms with Gasteiger partial charge in [0.25, 0.3) is 0 Å². The number of amides is 1. The van der Waals surface area contributed by atoms with E-state index in [2.05, 4.69) is 177 Å². The van der Waals surface area contributed by atoms with Gasteiger partial charge in [-0.1, -0.05) is 338 Å². The summed E-state index contributed by atoms with van der Waals surface area (Å²) in [5, 5.41) is 54.8. The smallest absolute Gasteiger partial charge is 0.220 e. The number of nitrogens with one attached hydrogen (secondary N) is 1. The molecule has 1 fully saturated rings. The average molecular weight is 1290 g/mol. The van der Waals surface area contributed by atoms with E-state index in [0.717, 1.165) is 122 Å². The highest BCUT2D eigenvalue weighted by Gasteiger charge is 2.44. The van der Waals surface area contributed by atoms with E-state index in [1.165, 1.54) is 148 Å². The van der Waals surface area contributed by atoms with Crippen molar-refractivity contribution >= 4 is 5.91 Å². The van der Waals surface area contributed by atoms with E-state index < -0.39 is 49.5 Å². The zero-order chi connectivity index (χ0) is 67.1. The van der Waals surface area contributed by atoms with E-state index in [-0.39, 0.29) is 12.5 Å². The van der Waals surface area contributed by atoms with Crippen molar-refractivity contribution in [1.29, 1.82) is 0 Å². The summed E-state index contributed by atoms with van der Waals surface area (Å²) in [5.41, 5.74) is 0. The molecule has 93 heavy (non-hydrogen) atoms. The Kier molecular flexibility index (Phi) is 65.5. The van der Waals surface area contributed by atoms with Gasteiger partial charge in [0, 0.05) is 6.42 Å². The van der Waals surface area contributed by atoms with Crippen LogP contribution in [0.1, 0.15) is 296 Å². The lowest BCUT2D eigenvalue weighted by molar-refractivity contribution is -0.302. The van der Waals surface area contributed by atoms with Crippen LogP contribution in [0.15, 0.2) is 170 Å². The van der Waals surface area contributed by atoms with Crippen molar-refractivity contribution in [2.45, 2.75) is 339 Å². The molecule has 0 aliphatic carbocycles. The zero-order valence-electron chi connectivity index (χ0n) is 59.2. The topological polar surface area (TPSA) is 149 Å². The molecule has 1 aliphatic heterocycles. The van der Waals surface area contributed by atoms with Crippen LogP contribution in [0.25, 0.3) is 0 Å². The van der Waals surface area contributed by atoms with Gasteiger partial charge in [-0.2, -0.15) is 0 Å². The standard InChI is InChI=1S/C84H139NO8/c1-3-5-7-9-11-13-15-17-19-21-23-25-27-29-31-33-34-35-36-37-38-39-40-41-42-43-44-46-48-50-52-54-56-58-60-62-64-66-68-70-72-74-80(88)85-77(76-92-84-83(91)82(90)81(89)79(75-86)93-84)78(87)73-71-69-67-65-63-61-59-57-55-53-51-49-47-45-32-30-28-26-24-22-20-18-16-14-12-10-8-6-4-2/h5,7,11,13,17,19,23,25,29,31,34-35,37-38,40-41,43-44,48,50,54,56,60,62-63,65,71,73,77-79,81-84,86-87,89-91H,3-4,6,8-10,12,14-16,18,20-22,24,26-28,30,32-33,36,39,42,45-47,49,51-53,55,57-59,61,64,66-70,72,74-76H2,1-2H3,(H,85,88)/b7-5-,13-11-,19-17-,25-23-,31-29-,35-34-,38-37-,41-40-,44-43-,50-48-,56-54-,62-60-,65-63+,73-71+. The number of allylic oxidation sites excluding steroid dienone is 27. The summed E-state index contributed by atoms with van der Waals surface area (Å²) in [4.78, 5) is 13.1. The van der Waals surface area contributed by atoms with Gasteiger partial charge in [0.05, 0.1) is 25.4 Å². The minimum atomic E-state index is -1.59. The zero-order valence-corrected chi connectivity index (χ0v) is 59.2. The lowest BCUT2D eigenvalue weighted by Gasteiger charge is -2.40. The number of carbonyl (C=O) groups excluding carboxylic acids is 1. The highest BCUT2D eigenvalue weighted by atomic mass is 16.7. The van der Waals surface area contributed by atoms with Crippen molar-refractivity contribution in [3.63, 3.8) is 0 Å². The molecule has 1 amide bonds. The summed E-state index contributed by atoms with van der Waals surface area (Å²) in [6.45, 7) is 3.65. The molecule has 0 spiro atoms. The Morgan fingerprint density at radius 2 is 0.677 bits per heavy atom. The maximum atomic E-state index is 13.1. The number of carbonyl (C=O) groups is 1. The number of ether oxygens (including phenoxy) is 2. The lowest BCUT2D eigenvalue weighted by Crippen LogP contribution is -2.60. The minimum Gasteiger partial charge on any atom is -0.394 e. The molecule has 7 atom stereocenters. The van der Waals surface area contributed by atoms with Crippen LogP contribution >= 0.6 is 0 Å². The van der Waals surface area contributed by atoms with Gasteiger partial charge in [0.2, 0.25) is 5.91 Å². The van der Waals surface area contributed by atoms with Crippen molar-refractivity contribution < 1.29 is 39.8 Å². The highest BCUT2D eigenvalue weighted by Crippen LogP contribution is 2.23. The molecule has 0 saturated carbocycles. The van der Waals surface area contributed by atoms with Crippen LogP contribution in [0.3, 0.4) is 0 Å². The van der Waals surface area contributed by atoms with Gasteiger partial charge < -0.3 is 40.3 Å². The van der Waals surface area contributed by atoms with Gasteiger partial charge in [-0.15, -0.1) is 0 Å². The molecule has 9 nitrogen and oxygen atoms in total. The van der Waals surface area contributed by atoms with Crippen molar-refractivity contribution in [3.05, 3.63) is 170 Å². The number of rotatable bonds is 64. The maximum absolute atomic E-state index is 13.1. The SMILES string of the molecule is CC/C=C\C/C=C\C/C=C\C/C=C\C/C=C\C/C=C\C/C=C\C/C=C\C/C=C\C/C=C\C/C=C\C/C=C\CCCCCCC(=O)NC(COC1OC(CO)C(O)C(O)C1O)C(O)/C=C/CC/C=C/CCCCCCCCCCCCCCCCCCCCCCCCC. The summed E-state index contributed by atoms with van der Waals surface area (Å²) in [6.07, 6.45) is 105. The average Bonchev–Trinajstić information content (AvgIpc) is 1.00. The fourth-order valence-electron chi connectivity index (χ4n) is 10.9. The summed E-state index contributed by atoms with van der Waals surface area (Å²) in [7, 11) is 0. The highest BCUT2D eigenvalue weighted by molar-refractivity contribution is 5.76. The minimum absolute atomic E-state index is 0.215. The number of hydrogen-bond acceptors (Lipinski definition) is 8. The van der Waals surface area contributed by atoms with Gasteiger partial charge in [-0.3, -0.25) is 4.79 Å². The second-order valence-electron chi connectivity index (χ2n) is 25.3. The van der Waals surface area contributed by atoms with E-state index >= 15 is 0 Å². The lowest BCUT2D eigenvalue weighted by atomic mass is 9.99. The largest absolute Gasteiger partial charge is 0.394 e. The molecule has 0 bridgehead atoms. The first-order valence-electron chi connectivity index (χ1n) is 37.9. The molecule has 1 aliphatic rings. The predicted octanol–water partition coefficient (Wildman–Crippen LogP) is 21.6. The van der Waals surface area contributed by atoms with Crippen LogP contribution in [0.5, 0.6) is 0 Å². The third-order valence-electron chi connectivity index (χ3n) is 16.8. The summed E-state index contributed by atoms with van der Waals surface area (Å²) in [5.74, 6) is -0.215.